The van der Waals surface area contributed by atoms with Gasteiger partial charge in [0.05, 0.1) is 16.6 Å². The van der Waals surface area contributed by atoms with Crippen LogP contribution in [0.4, 0.5) is 5.69 Å². The van der Waals surface area contributed by atoms with Gasteiger partial charge < -0.3 is 9.47 Å². The van der Waals surface area contributed by atoms with E-state index in [1.54, 1.807) is 30.0 Å². The van der Waals surface area contributed by atoms with E-state index in [0.717, 1.165) is 16.3 Å². The summed E-state index contributed by atoms with van der Waals surface area (Å²) in [6.45, 7) is 2.22. The van der Waals surface area contributed by atoms with E-state index in [-0.39, 0.29) is 12.4 Å². The molecule has 0 unspecified atom stereocenters. The minimum atomic E-state index is -0.226. The van der Waals surface area contributed by atoms with Gasteiger partial charge in [-0.25, -0.2) is 9.66 Å². The Morgan fingerprint density at radius 3 is 2.88 bits per heavy atom. The predicted octanol–water partition coefficient (Wildman–Crippen LogP) is 3.77. The number of hydrogen-bond acceptors (Lipinski definition) is 6. The van der Waals surface area contributed by atoms with Gasteiger partial charge in [0, 0.05) is 16.0 Å². The molecule has 0 amide bonds. The maximum absolute atomic E-state index is 12.8. The molecule has 0 atom stereocenters. The van der Waals surface area contributed by atoms with Crippen LogP contribution in [0.2, 0.25) is 5.02 Å². The highest BCUT2D eigenvalue weighted by Crippen LogP contribution is 2.34. The lowest BCUT2D eigenvalue weighted by Gasteiger charge is -2.14. The first-order valence-corrected chi connectivity index (χ1v) is 9.02. The van der Waals surface area contributed by atoms with Crippen LogP contribution in [0.25, 0.3) is 10.9 Å². The van der Waals surface area contributed by atoms with Gasteiger partial charge >= 0.3 is 0 Å². The summed E-state index contributed by atoms with van der Waals surface area (Å²) in [7, 11) is 0. The summed E-state index contributed by atoms with van der Waals surface area (Å²) < 4.78 is 12.0. The average Bonchev–Trinajstić information content (AvgIpc) is 3.06. The van der Waals surface area contributed by atoms with Crippen LogP contribution in [0.5, 0.6) is 11.5 Å². The lowest BCUT2D eigenvalue weighted by atomic mass is 10.2. The molecule has 0 saturated carbocycles. The maximum atomic E-state index is 12.8. The molecule has 2 aromatic carbocycles. The van der Waals surface area contributed by atoms with Crippen molar-refractivity contribution in [2.45, 2.75) is 11.8 Å². The van der Waals surface area contributed by atoms with E-state index >= 15 is 0 Å². The van der Waals surface area contributed by atoms with Gasteiger partial charge in [-0.3, -0.25) is 10.2 Å². The molecule has 0 bridgehead atoms. The SMILES string of the molecule is CCSc1ccc(Cl)cc1Nn1cnc2cc3c(cc2c1=O)OCO3. The Hall–Kier alpha value is -2.38. The standard InChI is InChI=1S/C17H14ClN3O3S/c1-2-25-16-4-3-10(18)5-13(16)20-21-8-19-12-7-15-14(23-9-24-15)6-11(12)17(21)22/h3-8,20H,2,9H2,1H3. The zero-order chi connectivity index (χ0) is 17.4. The van der Waals surface area contributed by atoms with Crippen LogP contribution in [0.3, 0.4) is 0 Å². The van der Waals surface area contributed by atoms with E-state index < -0.39 is 0 Å². The number of ether oxygens (including phenoxy) is 2. The van der Waals surface area contributed by atoms with E-state index in [4.69, 9.17) is 21.1 Å². The Bertz CT molecular complexity index is 1020. The minimum Gasteiger partial charge on any atom is -0.454 e. The Morgan fingerprint density at radius 2 is 2.08 bits per heavy atom. The molecule has 0 radical (unpaired) electrons. The fourth-order valence-corrected chi connectivity index (χ4v) is 3.50. The molecule has 1 aromatic heterocycles. The first kappa shape index (κ1) is 16.1. The number of nitrogens with zero attached hydrogens (tertiary/aromatic N) is 2. The Balaban J connectivity index is 1.78. The normalized spacial score (nSPS) is 12.6. The van der Waals surface area contributed by atoms with Gasteiger partial charge in [0.1, 0.15) is 6.33 Å². The molecule has 3 aromatic rings. The van der Waals surface area contributed by atoms with Gasteiger partial charge in [-0.15, -0.1) is 11.8 Å². The third kappa shape index (κ3) is 3.01. The second-order valence-electron chi connectivity index (χ2n) is 5.33. The van der Waals surface area contributed by atoms with Gasteiger partial charge in [0.2, 0.25) is 6.79 Å². The first-order chi connectivity index (χ1) is 12.2. The summed E-state index contributed by atoms with van der Waals surface area (Å²) in [5.74, 6) is 2.06. The monoisotopic (exact) mass is 375 g/mol. The number of thioether (sulfide) groups is 1. The topological polar surface area (TPSA) is 65.4 Å². The molecular weight excluding hydrogens is 362 g/mol. The molecule has 1 N–H and O–H groups in total. The quantitative estimate of drug-likeness (QED) is 0.700. The number of nitrogens with one attached hydrogen (secondary N) is 1. The number of benzene rings is 2. The van der Waals surface area contributed by atoms with E-state index in [9.17, 15) is 4.79 Å². The first-order valence-electron chi connectivity index (χ1n) is 7.66. The highest BCUT2D eigenvalue weighted by atomic mass is 35.5. The highest BCUT2D eigenvalue weighted by Gasteiger charge is 2.17. The molecule has 2 heterocycles. The van der Waals surface area contributed by atoms with Crippen molar-refractivity contribution in [3.8, 4) is 11.5 Å². The van der Waals surface area contributed by atoms with Crippen LogP contribution in [0.1, 0.15) is 6.92 Å². The average molecular weight is 376 g/mol. The summed E-state index contributed by atoms with van der Waals surface area (Å²) in [5, 5.41) is 1.04. The van der Waals surface area contributed by atoms with E-state index in [0.29, 0.717) is 27.4 Å². The molecule has 0 saturated heterocycles. The zero-order valence-corrected chi connectivity index (χ0v) is 14.9. The second-order valence-corrected chi connectivity index (χ2v) is 7.07. The molecule has 1 aliphatic heterocycles. The lowest BCUT2D eigenvalue weighted by molar-refractivity contribution is 0.174. The van der Waals surface area contributed by atoms with Crippen molar-refractivity contribution < 1.29 is 9.47 Å². The molecular formula is C17H14ClN3O3S. The lowest BCUT2D eigenvalue weighted by Crippen LogP contribution is -2.26. The van der Waals surface area contributed by atoms with Crippen LogP contribution in [0, 0.1) is 0 Å². The summed E-state index contributed by atoms with van der Waals surface area (Å²) in [4.78, 5) is 18.2. The number of rotatable bonds is 4. The molecule has 6 nitrogen and oxygen atoms in total. The molecule has 8 heteroatoms. The summed E-state index contributed by atoms with van der Waals surface area (Å²) in [6.07, 6.45) is 1.45. The van der Waals surface area contributed by atoms with Gasteiger partial charge in [0.15, 0.2) is 11.5 Å². The predicted molar refractivity (Wildman–Crippen MR) is 99.0 cm³/mol. The number of hydrogen-bond donors (Lipinski definition) is 1. The molecule has 1 aliphatic rings. The van der Waals surface area contributed by atoms with Crippen LogP contribution in [-0.2, 0) is 0 Å². The maximum Gasteiger partial charge on any atom is 0.280 e. The molecule has 25 heavy (non-hydrogen) atoms. The van der Waals surface area contributed by atoms with Crippen molar-refractivity contribution in [2.75, 3.05) is 18.0 Å². The van der Waals surface area contributed by atoms with Gasteiger partial charge in [-0.05, 0) is 30.0 Å². The fraction of sp³-hybridized carbons (Fsp3) is 0.176. The van der Waals surface area contributed by atoms with Crippen molar-refractivity contribution in [3.63, 3.8) is 0 Å². The van der Waals surface area contributed by atoms with Crippen molar-refractivity contribution in [3.05, 3.63) is 52.0 Å². The smallest absolute Gasteiger partial charge is 0.280 e. The van der Waals surface area contributed by atoms with E-state index in [2.05, 4.69) is 17.3 Å². The van der Waals surface area contributed by atoms with Gasteiger partial charge in [-0.1, -0.05) is 18.5 Å². The van der Waals surface area contributed by atoms with Crippen molar-refractivity contribution >= 4 is 40.0 Å². The van der Waals surface area contributed by atoms with Crippen molar-refractivity contribution in [1.82, 2.24) is 9.66 Å². The molecule has 0 spiro atoms. The van der Waals surface area contributed by atoms with Gasteiger partial charge in [-0.2, -0.15) is 0 Å². The van der Waals surface area contributed by atoms with Crippen LogP contribution in [-0.4, -0.2) is 22.2 Å². The Morgan fingerprint density at radius 1 is 1.28 bits per heavy atom. The molecule has 128 valence electrons. The fourth-order valence-electron chi connectivity index (χ4n) is 2.59. The van der Waals surface area contributed by atoms with Crippen LogP contribution in [0.15, 0.2) is 46.3 Å². The van der Waals surface area contributed by atoms with E-state index in [1.807, 2.05) is 12.1 Å². The number of anilines is 1. The number of aromatic nitrogens is 2. The van der Waals surface area contributed by atoms with E-state index in [1.165, 1.54) is 11.0 Å². The van der Waals surface area contributed by atoms with Crippen LogP contribution < -0.4 is 20.5 Å². The van der Waals surface area contributed by atoms with Gasteiger partial charge in [0.25, 0.3) is 5.56 Å². The van der Waals surface area contributed by atoms with Crippen LogP contribution >= 0.6 is 23.4 Å². The van der Waals surface area contributed by atoms with Crippen molar-refractivity contribution in [2.24, 2.45) is 0 Å². The number of halogens is 1. The second kappa shape index (κ2) is 6.50. The summed E-state index contributed by atoms with van der Waals surface area (Å²) in [6, 6.07) is 8.91. The largest absolute Gasteiger partial charge is 0.454 e. The number of fused-ring (bicyclic) bond motifs is 2. The third-order valence-electron chi connectivity index (χ3n) is 3.73. The highest BCUT2D eigenvalue weighted by molar-refractivity contribution is 7.99. The molecule has 4 rings (SSSR count). The summed E-state index contributed by atoms with van der Waals surface area (Å²) in [5.41, 5.74) is 4.17. The zero-order valence-electron chi connectivity index (χ0n) is 13.3. The van der Waals surface area contributed by atoms with Crippen molar-refractivity contribution in [1.29, 1.82) is 0 Å². The molecule has 0 aliphatic carbocycles. The summed E-state index contributed by atoms with van der Waals surface area (Å²) >= 11 is 7.76. The molecule has 0 fully saturated rings. The third-order valence-corrected chi connectivity index (χ3v) is 4.93. The Labute approximate surface area is 152 Å². The minimum absolute atomic E-state index is 0.151. The Kier molecular flexibility index (Phi) is 4.19.